The van der Waals surface area contributed by atoms with Gasteiger partial charge in [0.25, 0.3) is 5.91 Å². The molecule has 3 rings (SSSR count). The van der Waals surface area contributed by atoms with Crippen LogP contribution < -0.4 is 10.1 Å². The average Bonchev–Trinajstić information content (AvgIpc) is 3.08. The highest BCUT2D eigenvalue weighted by Gasteiger charge is 2.17. The molecule has 134 valence electrons. The summed E-state index contributed by atoms with van der Waals surface area (Å²) in [5, 5.41) is 5.99. The van der Waals surface area contributed by atoms with E-state index in [0.29, 0.717) is 15.9 Å². The fraction of sp³-hybridized carbons (Fsp3) is 0.200. The summed E-state index contributed by atoms with van der Waals surface area (Å²) in [6.45, 7) is 5.53. The average molecular weight is 387 g/mol. The predicted octanol–water partition coefficient (Wildman–Crippen LogP) is 5.49. The molecule has 1 aromatic heterocycles. The Hall–Kier alpha value is -2.37. The summed E-state index contributed by atoms with van der Waals surface area (Å²) < 4.78 is 5.76. The number of hydrogen-bond acceptors (Lipinski definition) is 4. The van der Waals surface area contributed by atoms with E-state index < -0.39 is 6.10 Å². The van der Waals surface area contributed by atoms with Crippen LogP contribution >= 0.6 is 22.9 Å². The van der Waals surface area contributed by atoms with E-state index in [-0.39, 0.29) is 5.91 Å². The van der Waals surface area contributed by atoms with Crippen LogP contribution in [0.3, 0.4) is 0 Å². The van der Waals surface area contributed by atoms with E-state index in [1.807, 2.05) is 61.7 Å². The topological polar surface area (TPSA) is 51.2 Å². The highest BCUT2D eigenvalue weighted by Crippen LogP contribution is 2.27. The molecule has 0 saturated heterocycles. The van der Waals surface area contributed by atoms with Crippen molar-refractivity contribution in [3.05, 3.63) is 64.0 Å². The van der Waals surface area contributed by atoms with Crippen LogP contribution in [0.2, 0.25) is 5.02 Å². The number of anilines is 1. The van der Waals surface area contributed by atoms with Crippen LogP contribution in [0.1, 0.15) is 18.1 Å². The lowest BCUT2D eigenvalue weighted by Crippen LogP contribution is -2.30. The van der Waals surface area contributed by atoms with Gasteiger partial charge in [0.1, 0.15) is 5.75 Å². The third-order valence-electron chi connectivity index (χ3n) is 3.90. The van der Waals surface area contributed by atoms with Crippen LogP contribution in [0, 0.1) is 13.8 Å². The lowest BCUT2D eigenvalue weighted by Gasteiger charge is -2.15. The second-order valence-electron chi connectivity index (χ2n) is 6.02. The van der Waals surface area contributed by atoms with Gasteiger partial charge >= 0.3 is 0 Å². The summed E-state index contributed by atoms with van der Waals surface area (Å²) in [7, 11) is 0. The number of benzene rings is 2. The molecule has 4 nitrogen and oxygen atoms in total. The molecule has 1 amide bonds. The van der Waals surface area contributed by atoms with Gasteiger partial charge in [-0.25, -0.2) is 4.98 Å². The van der Waals surface area contributed by atoms with Crippen molar-refractivity contribution in [2.45, 2.75) is 26.9 Å². The van der Waals surface area contributed by atoms with Gasteiger partial charge in [-0.2, -0.15) is 0 Å². The number of rotatable bonds is 5. The van der Waals surface area contributed by atoms with Gasteiger partial charge in [0.15, 0.2) is 11.2 Å². The van der Waals surface area contributed by atoms with Gasteiger partial charge in [0.2, 0.25) is 0 Å². The second-order valence-corrected chi connectivity index (χ2v) is 7.26. The Morgan fingerprint density at radius 2 is 1.85 bits per heavy atom. The fourth-order valence-corrected chi connectivity index (χ4v) is 3.34. The number of carbonyl (C=O) groups is 1. The Balaban J connectivity index is 1.66. The van der Waals surface area contributed by atoms with Gasteiger partial charge in [0, 0.05) is 16.0 Å². The second kappa shape index (κ2) is 7.89. The van der Waals surface area contributed by atoms with Gasteiger partial charge < -0.3 is 4.74 Å². The Kier molecular flexibility index (Phi) is 5.59. The molecule has 0 bridgehead atoms. The van der Waals surface area contributed by atoms with Gasteiger partial charge in [-0.3, -0.25) is 10.1 Å². The smallest absolute Gasteiger partial charge is 0.266 e. The molecular formula is C20H19ClN2O2S. The number of nitrogens with one attached hydrogen (secondary N) is 1. The first-order valence-corrected chi connectivity index (χ1v) is 9.45. The Morgan fingerprint density at radius 3 is 2.50 bits per heavy atom. The van der Waals surface area contributed by atoms with Crippen molar-refractivity contribution in [2.24, 2.45) is 0 Å². The van der Waals surface area contributed by atoms with Crippen molar-refractivity contribution < 1.29 is 9.53 Å². The Bertz CT molecular complexity index is 902. The quantitative estimate of drug-likeness (QED) is 0.631. The molecule has 2 aromatic carbocycles. The summed E-state index contributed by atoms with van der Waals surface area (Å²) in [6.07, 6.45) is -0.654. The minimum atomic E-state index is -0.654. The zero-order chi connectivity index (χ0) is 18.7. The number of nitrogens with zero attached hydrogens (tertiary/aromatic N) is 1. The highest BCUT2D eigenvalue weighted by molar-refractivity contribution is 7.14. The third-order valence-corrected chi connectivity index (χ3v) is 5.25. The molecule has 26 heavy (non-hydrogen) atoms. The first kappa shape index (κ1) is 18.4. The maximum atomic E-state index is 12.4. The molecule has 1 atom stereocenters. The number of halogens is 1. The van der Waals surface area contributed by atoms with Crippen LogP contribution in [0.4, 0.5) is 5.13 Å². The minimum Gasteiger partial charge on any atom is -0.481 e. The van der Waals surface area contributed by atoms with Crippen molar-refractivity contribution in [1.29, 1.82) is 0 Å². The van der Waals surface area contributed by atoms with Gasteiger partial charge in [0.05, 0.1) is 5.69 Å². The molecule has 6 heteroatoms. The highest BCUT2D eigenvalue weighted by atomic mass is 35.5. The number of aromatic nitrogens is 1. The molecule has 1 N–H and O–H groups in total. The normalized spacial score (nSPS) is 11.8. The molecule has 0 radical (unpaired) electrons. The summed E-state index contributed by atoms with van der Waals surface area (Å²) >= 11 is 7.55. The van der Waals surface area contributed by atoms with E-state index in [2.05, 4.69) is 10.3 Å². The SMILES string of the molecule is Cc1cc(OC(C)C(=O)Nc2nc(-c3ccccc3)cs2)cc(C)c1Cl. The van der Waals surface area contributed by atoms with Gasteiger partial charge in [-0.05, 0) is 44.0 Å². The first-order valence-electron chi connectivity index (χ1n) is 8.19. The molecule has 1 heterocycles. The van der Waals surface area contributed by atoms with Crippen molar-refractivity contribution in [3.8, 4) is 17.0 Å². The van der Waals surface area contributed by atoms with E-state index >= 15 is 0 Å². The maximum Gasteiger partial charge on any atom is 0.266 e. The van der Waals surface area contributed by atoms with E-state index in [1.165, 1.54) is 11.3 Å². The predicted molar refractivity (Wildman–Crippen MR) is 107 cm³/mol. The Morgan fingerprint density at radius 1 is 1.19 bits per heavy atom. The lowest BCUT2D eigenvalue weighted by atomic mass is 10.1. The number of thiazole rings is 1. The summed E-state index contributed by atoms with van der Waals surface area (Å²) in [6, 6.07) is 13.5. The molecule has 3 aromatic rings. The van der Waals surface area contributed by atoms with Crippen molar-refractivity contribution in [1.82, 2.24) is 4.98 Å². The molecule has 0 aliphatic rings. The van der Waals surface area contributed by atoms with Crippen molar-refractivity contribution in [3.63, 3.8) is 0 Å². The number of ether oxygens (including phenoxy) is 1. The molecule has 0 spiro atoms. The molecule has 0 fully saturated rings. The summed E-state index contributed by atoms with van der Waals surface area (Å²) in [5.74, 6) is 0.375. The van der Waals surface area contributed by atoms with Crippen LogP contribution in [-0.2, 0) is 4.79 Å². The van der Waals surface area contributed by atoms with Gasteiger partial charge in [-0.15, -0.1) is 11.3 Å². The molecule has 1 unspecified atom stereocenters. The van der Waals surface area contributed by atoms with E-state index in [1.54, 1.807) is 6.92 Å². The molecule has 0 aliphatic carbocycles. The maximum absolute atomic E-state index is 12.4. The fourth-order valence-electron chi connectivity index (χ4n) is 2.51. The standard InChI is InChI=1S/C20H19ClN2O2S/c1-12-9-16(10-13(2)18(12)21)25-14(3)19(24)23-20-22-17(11-26-20)15-7-5-4-6-8-15/h4-11,14H,1-3H3,(H,22,23,24). The molecular weight excluding hydrogens is 368 g/mol. The lowest BCUT2D eigenvalue weighted by molar-refractivity contribution is -0.122. The number of aryl methyl sites for hydroxylation is 2. The summed E-state index contributed by atoms with van der Waals surface area (Å²) in [4.78, 5) is 16.9. The monoisotopic (exact) mass is 386 g/mol. The largest absolute Gasteiger partial charge is 0.481 e. The zero-order valence-electron chi connectivity index (χ0n) is 14.7. The zero-order valence-corrected chi connectivity index (χ0v) is 16.3. The van der Waals surface area contributed by atoms with E-state index in [4.69, 9.17) is 16.3 Å². The van der Waals surface area contributed by atoms with E-state index in [9.17, 15) is 4.79 Å². The number of amides is 1. The number of carbonyl (C=O) groups excluding carboxylic acids is 1. The molecule has 0 aliphatic heterocycles. The van der Waals surface area contributed by atoms with E-state index in [0.717, 1.165) is 22.4 Å². The third kappa shape index (κ3) is 4.23. The Labute approximate surface area is 161 Å². The van der Waals surface area contributed by atoms with Crippen LogP contribution in [0.15, 0.2) is 47.8 Å². The van der Waals surface area contributed by atoms with Gasteiger partial charge in [-0.1, -0.05) is 41.9 Å². The van der Waals surface area contributed by atoms with Crippen LogP contribution in [-0.4, -0.2) is 17.0 Å². The van der Waals surface area contributed by atoms with Crippen LogP contribution in [0.5, 0.6) is 5.75 Å². The molecule has 0 saturated carbocycles. The minimum absolute atomic E-state index is 0.246. The van der Waals surface area contributed by atoms with Crippen molar-refractivity contribution >= 4 is 34.0 Å². The van der Waals surface area contributed by atoms with Crippen LogP contribution in [0.25, 0.3) is 11.3 Å². The summed E-state index contributed by atoms with van der Waals surface area (Å²) in [5.41, 5.74) is 3.69. The van der Waals surface area contributed by atoms with Crippen molar-refractivity contribution in [2.75, 3.05) is 5.32 Å². The number of hydrogen-bond donors (Lipinski definition) is 1. The first-order chi connectivity index (χ1) is 12.4.